The number of aromatic nitrogens is 2. The van der Waals surface area contributed by atoms with Gasteiger partial charge in [0.1, 0.15) is 5.82 Å². The van der Waals surface area contributed by atoms with Gasteiger partial charge in [0.15, 0.2) is 4.34 Å². The first-order valence-electron chi connectivity index (χ1n) is 6.32. The van der Waals surface area contributed by atoms with Crippen LogP contribution in [0.4, 0.5) is 15.2 Å². The maximum atomic E-state index is 13.4. The number of nitrogens with one attached hydrogen (secondary N) is 2. The normalized spacial score (nSPS) is 10.7. The number of benzene rings is 1. The summed E-state index contributed by atoms with van der Waals surface area (Å²) in [6.07, 6.45) is 0. The van der Waals surface area contributed by atoms with Crippen molar-refractivity contribution in [3.05, 3.63) is 30.1 Å². The number of carbonyl (C=O) groups is 1. The van der Waals surface area contributed by atoms with Crippen LogP contribution in [-0.4, -0.2) is 27.9 Å². The van der Waals surface area contributed by atoms with E-state index in [1.807, 2.05) is 13.8 Å². The third-order valence-corrected chi connectivity index (χ3v) is 4.28. The second-order valence-electron chi connectivity index (χ2n) is 4.49. The fourth-order valence-electron chi connectivity index (χ4n) is 1.45. The van der Waals surface area contributed by atoms with E-state index in [-0.39, 0.29) is 23.4 Å². The van der Waals surface area contributed by atoms with Gasteiger partial charge in [-0.1, -0.05) is 35.2 Å². The molecule has 0 aliphatic heterocycles. The van der Waals surface area contributed by atoms with Crippen LogP contribution < -0.4 is 10.6 Å². The van der Waals surface area contributed by atoms with Gasteiger partial charge in [-0.25, -0.2) is 4.39 Å². The summed E-state index contributed by atoms with van der Waals surface area (Å²) in [5.41, 5.74) is 0.183. The zero-order chi connectivity index (χ0) is 15.2. The lowest BCUT2D eigenvalue weighted by Crippen LogP contribution is -2.14. The van der Waals surface area contributed by atoms with E-state index in [1.54, 1.807) is 12.1 Å². The van der Waals surface area contributed by atoms with Gasteiger partial charge in [-0.3, -0.25) is 4.79 Å². The molecule has 5 nitrogen and oxygen atoms in total. The lowest BCUT2D eigenvalue weighted by atomic mass is 10.3. The molecule has 2 aromatic rings. The van der Waals surface area contributed by atoms with E-state index >= 15 is 0 Å². The highest BCUT2D eigenvalue weighted by atomic mass is 32.2. The highest BCUT2D eigenvalue weighted by Gasteiger charge is 2.10. The van der Waals surface area contributed by atoms with E-state index < -0.39 is 5.82 Å². The molecule has 0 spiro atoms. The topological polar surface area (TPSA) is 66.9 Å². The molecule has 1 aromatic heterocycles. The molecule has 0 aliphatic rings. The molecule has 2 rings (SSSR count). The summed E-state index contributed by atoms with van der Waals surface area (Å²) in [6.45, 7) is 4.02. The fraction of sp³-hybridized carbons (Fsp3) is 0.308. The van der Waals surface area contributed by atoms with Crippen molar-refractivity contribution in [2.45, 2.75) is 24.2 Å². The van der Waals surface area contributed by atoms with Gasteiger partial charge in [-0.05, 0) is 26.0 Å². The van der Waals surface area contributed by atoms with Gasteiger partial charge < -0.3 is 10.6 Å². The van der Waals surface area contributed by atoms with E-state index in [1.165, 1.54) is 35.2 Å². The minimum atomic E-state index is -0.449. The number of thioether (sulfide) groups is 1. The molecule has 0 bridgehead atoms. The van der Waals surface area contributed by atoms with Crippen LogP contribution >= 0.6 is 23.1 Å². The van der Waals surface area contributed by atoms with Crippen LogP contribution in [0.5, 0.6) is 0 Å². The Kier molecular flexibility index (Phi) is 5.51. The minimum Gasteiger partial charge on any atom is -0.358 e. The van der Waals surface area contributed by atoms with Crippen molar-refractivity contribution in [3.8, 4) is 0 Å². The van der Waals surface area contributed by atoms with Gasteiger partial charge in [0.2, 0.25) is 11.0 Å². The zero-order valence-electron chi connectivity index (χ0n) is 11.6. The van der Waals surface area contributed by atoms with Gasteiger partial charge in [0, 0.05) is 6.04 Å². The predicted molar refractivity (Wildman–Crippen MR) is 84.4 cm³/mol. The number of amides is 1. The van der Waals surface area contributed by atoms with Crippen molar-refractivity contribution in [3.63, 3.8) is 0 Å². The molecule has 0 atom stereocenters. The monoisotopic (exact) mass is 326 g/mol. The van der Waals surface area contributed by atoms with E-state index in [9.17, 15) is 9.18 Å². The van der Waals surface area contributed by atoms with Crippen LogP contribution in [0.25, 0.3) is 0 Å². The average molecular weight is 326 g/mol. The fourth-order valence-corrected chi connectivity index (χ4v) is 3.15. The van der Waals surface area contributed by atoms with Crippen molar-refractivity contribution in [2.75, 3.05) is 16.4 Å². The molecule has 21 heavy (non-hydrogen) atoms. The number of hydrogen-bond donors (Lipinski definition) is 2. The Morgan fingerprint density at radius 2 is 2.14 bits per heavy atom. The first kappa shape index (κ1) is 15.7. The van der Waals surface area contributed by atoms with Crippen molar-refractivity contribution in [1.82, 2.24) is 10.2 Å². The largest absolute Gasteiger partial charge is 0.358 e. The van der Waals surface area contributed by atoms with Gasteiger partial charge >= 0.3 is 0 Å². The van der Waals surface area contributed by atoms with Crippen LogP contribution in [0.3, 0.4) is 0 Å². The standard InChI is InChI=1S/C13H15FN4OS2/c1-8(2)15-12-17-18-13(21-12)20-7-11(19)16-10-6-4-3-5-9(10)14/h3-6,8H,7H2,1-2H3,(H,15,17)(H,16,19). The molecule has 2 N–H and O–H groups in total. The Labute approximate surface area is 130 Å². The number of nitrogens with zero attached hydrogens (tertiary/aromatic N) is 2. The molecule has 112 valence electrons. The molecule has 0 saturated carbocycles. The summed E-state index contributed by atoms with van der Waals surface area (Å²) < 4.78 is 14.1. The molecular formula is C13H15FN4OS2. The number of halogens is 1. The maximum absolute atomic E-state index is 13.4. The van der Waals surface area contributed by atoms with Crippen LogP contribution in [0.2, 0.25) is 0 Å². The number of hydrogen-bond acceptors (Lipinski definition) is 6. The summed E-state index contributed by atoms with van der Waals surface area (Å²) in [5.74, 6) is -0.571. The molecule has 8 heteroatoms. The van der Waals surface area contributed by atoms with Crippen LogP contribution in [0.15, 0.2) is 28.6 Å². The van der Waals surface area contributed by atoms with Gasteiger partial charge in [-0.2, -0.15) is 0 Å². The van der Waals surface area contributed by atoms with Gasteiger partial charge in [-0.15, -0.1) is 10.2 Å². The Balaban J connectivity index is 1.84. The smallest absolute Gasteiger partial charge is 0.234 e. The van der Waals surface area contributed by atoms with E-state index in [4.69, 9.17) is 0 Å². The second kappa shape index (κ2) is 7.37. The van der Waals surface area contributed by atoms with Gasteiger partial charge in [0.25, 0.3) is 0 Å². The van der Waals surface area contributed by atoms with Crippen molar-refractivity contribution < 1.29 is 9.18 Å². The zero-order valence-corrected chi connectivity index (χ0v) is 13.2. The molecule has 0 saturated heterocycles. The summed E-state index contributed by atoms with van der Waals surface area (Å²) in [7, 11) is 0. The van der Waals surface area contributed by atoms with Gasteiger partial charge in [0.05, 0.1) is 11.4 Å². The Morgan fingerprint density at radius 1 is 1.38 bits per heavy atom. The van der Waals surface area contributed by atoms with E-state index in [0.717, 1.165) is 5.13 Å². The molecule has 1 aromatic carbocycles. The van der Waals surface area contributed by atoms with E-state index in [0.29, 0.717) is 4.34 Å². The lowest BCUT2D eigenvalue weighted by molar-refractivity contribution is -0.113. The second-order valence-corrected chi connectivity index (χ2v) is 6.69. The molecule has 1 amide bonds. The Bertz CT molecular complexity index is 618. The number of carbonyl (C=O) groups excluding carboxylic acids is 1. The molecule has 0 unspecified atom stereocenters. The number of anilines is 2. The third-order valence-electron chi connectivity index (χ3n) is 2.29. The van der Waals surface area contributed by atoms with Crippen molar-refractivity contribution in [2.24, 2.45) is 0 Å². The Morgan fingerprint density at radius 3 is 2.86 bits per heavy atom. The highest BCUT2D eigenvalue weighted by molar-refractivity contribution is 8.01. The lowest BCUT2D eigenvalue weighted by Gasteiger charge is -2.04. The number of rotatable bonds is 6. The number of para-hydroxylation sites is 1. The van der Waals surface area contributed by atoms with E-state index in [2.05, 4.69) is 20.8 Å². The molecule has 0 fully saturated rings. The van der Waals surface area contributed by atoms with Crippen molar-refractivity contribution >= 4 is 39.8 Å². The minimum absolute atomic E-state index is 0.157. The highest BCUT2D eigenvalue weighted by Crippen LogP contribution is 2.26. The summed E-state index contributed by atoms with van der Waals surface area (Å²) in [5, 5.41) is 14.3. The predicted octanol–water partition coefficient (Wildman–Crippen LogP) is 3.23. The van der Waals surface area contributed by atoms with Crippen molar-refractivity contribution in [1.29, 1.82) is 0 Å². The first-order chi connectivity index (χ1) is 10.0. The summed E-state index contributed by atoms with van der Waals surface area (Å²) in [6, 6.07) is 6.34. The molecular weight excluding hydrogens is 311 g/mol. The van der Waals surface area contributed by atoms with Crippen LogP contribution in [-0.2, 0) is 4.79 Å². The summed E-state index contributed by atoms with van der Waals surface area (Å²) in [4.78, 5) is 11.8. The molecule has 0 radical (unpaired) electrons. The quantitative estimate of drug-likeness (QED) is 0.798. The summed E-state index contributed by atoms with van der Waals surface area (Å²) >= 11 is 2.66. The average Bonchev–Trinajstić information content (AvgIpc) is 2.86. The van der Waals surface area contributed by atoms with Crippen LogP contribution in [0.1, 0.15) is 13.8 Å². The Hall–Kier alpha value is -1.67. The first-order valence-corrected chi connectivity index (χ1v) is 8.12. The molecule has 0 aliphatic carbocycles. The SMILES string of the molecule is CC(C)Nc1nnc(SCC(=O)Nc2ccccc2F)s1. The van der Waals surface area contributed by atoms with Crippen LogP contribution in [0, 0.1) is 5.82 Å². The molecule has 1 heterocycles. The maximum Gasteiger partial charge on any atom is 0.234 e. The third kappa shape index (κ3) is 4.98.